The molecule has 1 unspecified atom stereocenters. The number of nitrogens with two attached hydrogens (primary N) is 1. The van der Waals surface area contributed by atoms with Crippen molar-refractivity contribution >= 4 is 11.3 Å². The fraction of sp³-hybridized carbons (Fsp3) is 0.500. The minimum atomic E-state index is -0.292. The van der Waals surface area contributed by atoms with Crippen molar-refractivity contribution in [2.45, 2.75) is 32.2 Å². The maximum Gasteiger partial charge on any atom is 0.196 e. The van der Waals surface area contributed by atoms with Gasteiger partial charge in [-0.3, -0.25) is 0 Å². The van der Waals surface area contributed by atoms with Crippen molar-refractivity contribution < 1.29 is 0 Å². The third-order valence-corrected chi connectivity index (χ3v) is 3.91. The first-order valence-corrected chi connectivity index (χ1v) is 5.89. The Hall–Kier alpha value is -1.27. The Kier molecular flexibility index (Phi) is 2.77. The predicted molar refractivity (Wildman–Crippen MR) is 63.2 cm³/mol. The third kappa shape index (κ3) is 2.12. The highest BCUT2D eigenvalue weighted by atomic mass is 32.1. The van der Waals surface area contributed by atoms with Gasteiger partial charge in [0.1, 0.15) is 6.04 Å². The Balaban J connectivity index is 2.26. The van der Waals surface area contributed by atoms with Crippen LogP contribution in [-0.4, -0.2) is 20.6 Å². The zero-order chi connectivity index (χ0) is 11.8. The van der Waals surface area contributed by atoms with E-state index < -0.39 is 0 Å². The Morgan fingerprint density at radius 2 is 2.12 bits per heavy atom. The van der Waals surface area contributed by atoms with Gasteiger partial charge in [0.05, 0.1) is 0 Å². The first-order valence-electron chi connectivity index (χ1n) is 5.07. The number of rotatable bonds is 2. The molecular weight excluding hydrogens is 222 g/mol. The fourth-order valence-corrected chi connectivity index (χ4v) is 2.42. The van der Waals surface area contributed by atoms with Crippen molar-refractivity contribution in [1.82, 2.24) is 20.6 Å². The fourth-order valence-electron chi connectivity index (χ4n) is 1.35. The van der Waals surface area contributed by atoms with Gasteiger partial charge in [0, 0.05) is 9.75 Å². The molecule has 0 bridgehead atoms. The number of hydrogen-bond acceptors (Lipinski definition) is 5. The Bertz CT molecular complexity index is 454. The monoisotopic (exact) mass is 237 g/mol. The summed E-state index contributed by atoms with van der Waals surface area (Å²) in [5, 5.41) is 13.7. The summed E-state index contributed by atoms with van der Waals surface area (Å²) in [5.74, 6) is 0.530. The normalized spacial score (nSPS) is 14.0. The maximum atomic E-state index is 6.04. The van der Waals surface area contributed by atoms with E-state index in [9.17, 15) is 0 Å². The molecule has 0 spiro atoms. The second-order valence-corrected chi connectivity index (χ2v) is 5.82. The SMILES string of the molecule is CC(C)(C)c1ccc(C(N)c2nn[nH]n2)s1. The lowest BCUT2D eigenvalue weighted by molar-refractivity contribution is 0.604. The summed E-state index contributed by atoms with van der Waals surface area (Å²) in [6.07, 6.45) is 0. The number of aromatic amines is 1. The first-order chi connectivity index (χ1) is 7.48. The smallest absolute Gasteiger partial charge is 0.196 e. The molecule has 6 heteroatoms. The molecule has 2 heterocycles. The number of hydrogen-bond donors (Lipinski definition) is 2. The van der Waals surface area contributed by atoms with Crippen molar-refractivity contribution in [3.63, 3.8) is 0 Å². The second-order valence-electron chi connectivity index (χ2n) is 4.70. The van der Waals surface area contributed by atoms with E-state index in [1.807, 2.05) is 6.07 Å². The maximum absolute atomic E-state index is 6.04. The molecule has 3 N–H and O–H groups in total. The standard InChI is InChI=1S/C10H15N5S/c1-10(2,3)7-5-4-6(16-7)8(11)9-12-14-15-13-9/h4-5,8H,11H2,1-3H3,(H,12,13,14,15). The summed E-state index contributed by atoms with van der Waals surface area (Å²) >= 11 is 1.70. The van der Waals surface area contributed by atoms with E-state index in [0.717, 1.165) is 4.88 Å². The molecule has 2 rings (SSSR count). The topological polar surface area (TPSA) is 80.5 Å². The van der Waals surface area contributed by atoms with Crippen molar-refractivity contribution in [2.75, 3.05) is 0 Å². The first kappa shape index (κ1) is 11.2. The van der Waals surface area contributed by atoms with E-state index in [2.05, 4.69) is 47.5 Å². The lowest BCUT2D eigenvalue weighted by Gasteiger charge is -2.15. The molecule has 0 aromatic carbocycles. The molecule has 5 nitrogen and oxygen atoms in total. The molecule has 16 heavy (non-hydrogen) atoms. The van der Waals surface area contributed by atoms with Crippen LogP contribution in [0, 0.1) is 0 Å². The number of nitrogens with one attached hydrogen (secondary N) is 1. The quantitative estimate of drug-likeness (QED) is 0.831. The predicted octanol–water partition coefficient (Wildman–Crippen LogP) is 1.61. The molecule has 2 aromatic heterocycles. The highest BCUT2D eigenvalue weighted by Crippen LogP contribution is 2.32. The van der Waals surface area contributed by atoms with Gasteiger partial charge in [-0.2, -0.15) is 5.21 Å². The molecule has 1 atom stereocenters. The summed E-state index contributed by atoms with van der Waals surface area (Å²) in [6.45, 7) is 6.55. The summed E-state index contributed by atoms with van der Waals surface area (Å²) in [4.78, 5) is 2.37. The van der Waals surface area contributed by atoms with Crippen molar-refractivity contribution in [3.05, 3.63) is 27.7 Å². The molecule has 0 amide bonds. The number of tetrazole rings is 1. The third-order valence-electron chi connectivity index (χ3n) is 2.31. The zero-order valence-electron chi connectivity index (χ0n) is 9.56. The molecule has 2 aromatic rings. The highest BCUT2D eigenvalue weighted by Gasteiger charge is 2.20. The largest absolute Gasteiger partial charge is 0.317 e. The lowest BCUT2D eigenvalue weighted by atomic mass is 9.95. The van der Waals surface area contributed by atoms with Gasteiger partial charge in [0.2, 0.25) is 0 Å². The van der Waals surface area contributed by atoms with E-state index in [4.69, 9.17) is 5.73 Å². The summed E-state index contributed by atoms with van der Waals surface area (Å²) in [6, 6.07) is 3.85. The van der Waals surface area contributed by atoms with E-state index in [1.54, 1.807) is 11.3 Å². The van der Waals surface area contributed by atoms with Gasteiger partial charge < -0.3 is 5.73 Å². The van der Waals surface area contributed by atoms with E-state index >= 15 is 0 Å². The molecule has 0 saturated carbocycles. The molecule has 0 aliphatic heterocycles. The average molecular weight is 237 g/mol. The minimum Gasteiger partial charge on any atom is -0.317 e. The van der Waals surface area contributed by atoms with Crippen LogP contribution in [0.15, 0.2) is 12.1 Å². The van der Waals surface area contributed by atoms with Crippen LogP contribution in [0.25, 0.3) is 0 Å². The van der Waals surface area contributed by atoms with E-state index in [0.29, 0.717) is 5.82 Å². The Labute approximate surface area is 98.1 Å². The van der Waals surface area contributed by atoms with Gasteiger partial charge in [-0.25, -0.2) is 0 Å². The Morgan fingerprint density at radius 1 is 1.38 bits per heavy atom. The van der Waals surface area contributed by atoms with Crippen LogP contribution in [0.3, 0.4) is 0 Å². The van der Waals surface area contributed by atoms with Gasteiger partial charge in [-0.05, 0) is 17.5 Å². The van der Waals surface area contributed by atoms with E-state index in [-0.39, 0.29) is 11.5 Å². The average Bonchev–Trinajstić information content (AvgIpc) is 2.87. The number of H-pyrrole nitrogens is 1. The van der Waals surface area contributed by atoms with Gasteiger partial charge in [0.15, 0.2) is 5.82 Å². The number of thiophene rings is 1. The number of aromatic nitrogens is 4. The molecular formula is C10H15N5S. The van der Waals surface area contributed by atoms with Crippen molar-refractivity contribution in [2.24, 2.45) is 5.73 Å². The summed E-state index contributed by atoms with van der Waals surface area (Å²) in [7, 11) is 0. The molecule has 0 fully saturated rings. The van der Waals surface area contributed by atoms with Crippen molar-refractivity contribution in [1.29, 1.82) is 0 Å². The van der Waals surface area contributed by atoms with Gasteiger partial charge >= 0.3 is 0 Å². The van der Waals surface area contributed by atoms with Crippen LogP contribution in [0.4, 0.5) is 0 Å². The van der Waals surface area contributed by atoms with Crippen LogP contribution >= 0.6 is 11.3 Å². The molecule has 0 radical (unpaired) electrons. The minimum absolute atomic E-state index is 0.153. The van der Waals surface area contributed by atoms with Crippen molar-refractivity contribution in [3.8, 4) is 0 Å². The highest BCUT2D eigenvalue weighted by molar-refractivity contribution is 7.12. The van der Waals surface area contributed by atoms with Crippen LogP contribution in [0.5, 0.6) is 0 Å². The van der Waals surface area contributed by atoms with Gasteiger partial charge in [-0.1, -0.05) is 26.0 Å². The second kappa shape index (κ2) is 3.95. The van der Waals surface area contributed by atoms with Gasteiger partial charge in [0.25, 0.3) is 0 Å². The zero-order valence-corrected chi connectivity index (χ0v) is 10.4. The van der Waals surface area contributed by atoms with Gasteiger partial charge in [-0.15, -0.1) is 21.5 Å². The lowest BCUT2D eigenvalue weighted by Crippen LogP contribution is -2.12. The Morgan fingerprint density at radius 3 is 2.62 bits per heavy atom. The summed E-state index contributed by atoms with van der Waals surface area (Å²) < 4.78 is 0. The van der Waals surface area contributed by atoms with Crippen LogP contribution in [-0.2, 0) is 5.41 Å². The molecule has 0 saturated heterocycles. The molecule has 0 aliphatic carbocycles. The summed E-state index contributed by atoms with van der Waals surface area (Å²) in [5.41, 5.74) is 6.20. The molecule has 0 aliphatic rings. The molecule has 86 valence electrons. The van der Waals surface area contributed by atoms with Crippen LogP contribution in [0.2, 0.25) is 0 Å². The van der Waals surface area contributed by atoms with E-state index in [1.165, 1.54) is 4.88 Å². The van der Waals surface area contributed by atoms with Crippen LogP contribution < -0.4 is 5.73 Å². The van der Waals surface area contributed by atoms with Crippen LogP contribution in [0.1, 0.15) is 42.4 Å². The number of nitrogens with zero attached hydrogens (tertiary/aromatic N) is 3.